The molecule has 2 aromatic rings. The minimum Gasteiger partial charge on any atom is -0.438 e. The van der Waals surface area contributed by atoms with E-state index < -0.39 is 0 Å². The molecule has 0 radical (unpaired) electrons. The molecule has 4 nitrogen and oxygen atoms in total. The lowest BCUT2D eigenvalue weighted by atomic mass is 10.1. The summed E-state index contributed by atoms with van der Waals surface area (Å²) in [5.74, 6) is 2.15. The highest BCUT2D eigenvalue weighted by molar-refractivity contribution is 7.80. The number of rotatable bonds is 7. The van der Waals surface area contributed by atoms with Gasteiger partial charge in [-0.25, -0.2) is 0 Å². The molecule has 0 atom stereocenters. The van der Waals surface area contributed by atoms with Crippen molar-refractivity contribution < 1.29 is 6.16 Å². The highest BCUT2D eigenvalue weighted by Crippen LogP contribution is 2.19. The van der Waals surface area contributed by atoms with Gasteiger partial charge in [0.25, 0.3) is 0 Å². The third-order valence-corrected chi connectivity index (χ3v) is 2.77. The number of ether oxygens (including phenoxy) is 1. The van der Waals surface area contributed by atoms with Gasteiger partial charge in [-0.15, -0.1) is 5.10 Å². The second kappa shape index (κ2) is 7.76. The molecule has 0 unspecified atom stereocenters. The fourth-order valence-corrected chi connectivity index (χ4v) is 1.82. The number of aromatic nitrogens is 2. The molecule has 0 saturated carbocycles. The molecule has 1 heterocycles. The van der Waals surface area contributed by atoms with E-state index in [0.29, 0.717) is 5.88 Å². The minimum atomic E-state index is 0. The molecular weight excluding hydrogens is 258 g/mol. The summed E-state index contributed by atoms with van der Waals surface area (Å²) in [6, 6.07) is 11.6. The van der Waals surface area contributed by atoms with Gasteiger partial charge in [0.2, 0.25) is 5.88 Å². The Labute approximate surface area is 120 Å². The maximum atomic E-state index is 5.64. The van der Waals surface area contributed by atoms with Gasteiger partial charge in [0.15, 0.2) is 0 Å². The number of nitrogens with zero attached hydrogens (tertiary/aromatic N) is 2. The Morgan fingerprint density at radius 2 is 2.16 bits per heavy atom. The SMILES string of the molecule is SCCNCCc1cccc(Oc2cccnn2)c1.[HH]. The molecule has 19 heavy (non-hydrogen) atoms. The van der Waals surface area contributed by atoms with Gasteiger partial charge in [-0.2, -0.15) is 17.7 Å². The predicted molar refractivity (Wildman–Crippen MR) is 81.1 cm³/mol. The first-order valence-corrected chi connectivity index (χ1v) is 6.88. The number of nitrogens with one attached hydrogen (secondary N) is 1. The minimum absolute atomic E-state index is 0. The van der Waals surface area contributed by atoms with E-state index in [1.54, 1.807) is 18.3 Å². The van der Waals surface area contributed by atoms with Crippen LogP contribution < -0.4 is 10.1 Å². The van der Waals surface area contributed by atoms with Crippen molar-refractivity contribution in [2.45, 2.75) is 6.42 Å². The summed E-state index contributed by atoms with van der Waals surface area (Å²) in [6.07, 6.45) is 2.59. The molecule has 0 aliphatic carbocycles. The average Bonchev–Trinajstić information content (AvgIpc) is 2.45. The second-order valence-electron chi connectivity index (χ2n) is 4.03. The van der Waals surface area contributed by atoms with Gasteiger partial charge in [0, 0.05) is 26.0 Å². The topological polar surface area (TPSA) is 47.0 Å². The first-order chi connectivity index (χ1) is 9.38. The highest BCUT2D eigenvalue weighted by atomic mass is 32.1. The Morgan fingerprint density at radius 3 is 2.95 bits per heavy atom. The van der Waals surface area contributed by atoms with Crippen LogP contribution in [0.4, 0.5) is 0 Å². The van der Waals surface area contributed by atoms with E-state index in [-0.39, 0.29) is 1.43 Å². The van der Waals surface area contributed by atoms with Crippen LogP contribution in [-0.4, -0.2) is 29.0 Å². The van der Waals surface area contributed by atoms with Crippen LogP contribution in [0, 0.1) is 0 Å². The van der Waals surface area contributed by atoms with E-state index in [1.165, 1.54) is 5.56 Å². The van der Waals surface area contributed by atoms with Crippen LogP contribution in [0.2, 0.25) is 0 Å². The molecule has 0 fully saturated rings. The van der Waals surface area contributed by atoms with Gasteiger partial charge in [-0.1, -0.05) is 12.1 Å². The monoisotopic (exact) mass is 277 g/mol. The number of hydrogen-bond acceptors (Lipinski definition) is 5. The lowest BCUT2D eigenvalue weighted by Crippen LogP contribution is -2.19. The van der Waals surface area contributed by atoms with E-state index in [2.05, 4.69) is 34.2 Å². The van der Waals surface area contributed by atoms with Gasteiger partial charge in [0.1, 0.15) is 5.75 Å². The highest BCUT2D eigenvalue weighted by Gasteiger charge is 2.00. The first kappa shape index (κ1) is 13.8. The maximum absolute atomic E-state index is 5.64. The van der Waals surface area contributed by atoms with Crippen molar-refractivity contribution in [3.63, 3.8) is 0 Å². The molecule has 1 N–H and O–H groups in total. The summed E-state index contributed by atoms with van der Waals surface area (Å²) >= 11 is 4.16. The van der Waals surface area contributed by atoms with Crippen molar-refractivity contribution in [3.05, 3.63) is 48.2 Å². The van der Waals surface area contributed by atoms with Crippen LogP contribution in [0.1, 0.15) is 6.99 Å². The lowest BCUT2D eigenvalue weighted by Gasteiger charge is -2.07. The number of thiol groups is 1. The Bertz CT molecular complexity index is 499. The van der Waals surface area contributed by atoms with Crippen molar-refractivity contribution in [3.8, 4) is 11.6 Å². The molecule has 102 valence electrons. The summed E-state index contributed by atoms with van der Waals surface area (Å²) in [5.41, 5.74) is 1.23. The fourth-order valence-electron chi connectivity index (χ4n) is 1.66. The van der Waals surface area contributed by atoms with Crippen molar-refractivity contribution in [2.75, 3.05) is 18.8 Å². The van der Waals surface area contributed by atoms with E-state index in [1.807, 2.05) is 18.2 Å². The van der Waals surface area contributed by atoms with Gasteiger partial charge in [0.05, 0.1) is 0 Å². The fraction of sp³-hybridized carbons (Fsp3) is 0.286. The maximum Gasteiger partial charge on any atom is 0.238 e. The molecule has 5 heteroatoms. The third-order valence-electron chi connectivity index (χ3n) is 2.55. The van der Waals surface area contributed by atoms with Crippen molar-refractivity contribution in [2.24, 2.45) is 0 Å². The molecule has 0 saturated heterocycles. The van der Waals surface area contributed by atoms with Gasteiger partial charge >= 0.3 is 0 Å². The molecule has 1 aromatic carbocycles. The van der Waals surface area contributed by atoms with Crippen molar-refractivity contribution in [1.82, 2.24) is 15.5 Å². The molecule has 0 aliphatic heterocycles. The Hall–Kier alpha value is -1.59. The second-order valence-corrected chi connectivity index (χ2v) is 4.48. The molecule has 0 spiro atoms. The van der Waals surface area contributed by atoms with E-state index in [0.717, 1.165) is 31.0 Å². The van der Waals surface area contributed by atoms with E-state index in [4.69, 9.17) is 4.74 Å². The molecular formula is C14H19N3OS. The van der Waals surface area contributed by atoms with Crippen LogP contribution in [0.5, 0.6) is 11.6 Å². The standard InChI is InChI=1S/C14H17N3OS.H2/c19-10-9-15-8-6-12-3-1-4-13(11-12)18-14-5-2-7-16-17-14;/h1-5,7,11,15,19H,6,8-10H2;1H. The third kappa shape index (κ3) is 4.89. The van der Waals surface area contributed by atoms with Crippen molar-refractivity contribution in [1.29, 1.82) is 0 Å². The summed E-state index contributed by atoms with van der Waals surface area (Å²) in [7, 11) is 0. The summed E-state index contributed by atoms with van der Waals surface area (Å²) in [6.45, 7) is 1.87. The Kier molecular flexibility index (Phi) is 5.65. The summed E-state index contributed by atoms with van der Waals surface area (Å²) < 4.78 is 5.64. The summed E-state index contributed by atoms with van der Waals surface area (Å²) in [4.78, 5) is 0. The lowest BCUT2D eigenvalue weighted by molar-refractivity contribution is 0.454. The molecule has 1 aromatic heterocycles. The average molecular weight is 277 g/mol. The predicted octanol–water partition coefficient (Wildman–Crippen LogP) is 2.58. The smallest absolute Gasteiger partial charge is 0.238 e. The van der Waals surface area contributed by atoms with Crippen LogP contribution in [-0.2, 0) is 6.42 Å². The largest absolute Gasteiger partial charge is 0.438 e. The molecule has 0 aliphatic rings. The van der Waals surface area contributed by atoms with Crippen molar-refractivity contribution >= 4 is 12.6 Å². The zero-order chi connectivity index (χ0) is 13.3. The molecule has 2 rings (SSSR count). The number of benzene rings is 1. The zero-order valence-electron chi connectivity index (χ0n) is 10.6. The van der Waals surface area contributed by atoms with Gasteiger partial charge in [-0.3, -0.25) is 0 Å². The van der Waals surface area contributed by atoms with E-state index in [9.17, 15) is 0 Å². The molecule has 0 bridgehead atoms. The first-order valence-electron chi connectivity index (χ1n) is 6.24. The Balaban J connectivity index is 0.00000200. The van der Waals surface area contributed by atoms with Crippen LogP contribution in [0.15, 0.2) is 42.6 Å². The van der Waals surface area contributed by atoms with Crippen LogP contribution in [0.25, 0.3) is 0 Å². The molecule has 0 amide bonds. The van der Waals surface area contributed by atoms with Gasteiger partial charge in [-0.05, 0) is 36.7 Å². The normalized spacial score (nSPS) is 10.4. The van der Waals surface area contributed by atoms with E-state index >= 15 is 0 Å². The number of hydrogen-bond donors (Lipinski definition) is 2. The zero-order valence-corrected chi connectivity index (χ0v) is 11.5. The summed E-state index contributed by atoms with van der Waals surface area (Å²) in [5, 5.41) is 11.0. The van der Waals surface area contributed by atoms with Crippen LogP contribution >= 0.6 is 12.6 Å². The quantitative estimate of drug-likeness (QED) is 0.603. The Morgan fingerprint density at radius 1 is 1.21 bits per heavy atom. The van der Waals surface area contributed by atoms with Crippen LogP contribution in [0.3, 0.4) is 0 Å². The van der Waals surface area contributed by atoms with Gasteiger partial charge < -0.3 is 10.1 Å².